The summed E-state index contributed by atoms with van der Waals surface area (Å²) in [5.74, 6) is -0.523. The number of amides is 2. The first-order chi connectivity index (χ1) is 17.4. The van der Waals surface area contributed by atoms with Crippen LogP contribution in [0.15, 0.2) is 34.1 Å². The number of carboxylic acids is 1. The number of nitrogens with zero attached hydrogens (tertiary/aromatic N) is 1. The van der Waals surface area contributed by atoms with Crippen LogP contribution in [-0.2, 0) is 14.4 Å². The zero-order valence-electron chi connectivity index (χ0n) is 19.8. The Morgan fingerprint density at radius 1 is 1.11 bits per heavy atom. The van der Waals surface area contributed by atoms with Gasteiger partial charge in [0.05, 0.1) is 24.0 Å². The van der Waals surface area contributed by atoms with Gasteiger partial charge in [-0.1, -0.05) is 36.0 Å². The van der Waals surface area contributed by atoms with Crippen molar-refractivity contribution in [2.45, 2.75) is 48.3 Å². The molecule has 8 nitrogen and oxygen atoms in total. The average Bonchev–Trinajstić information content (AvgIpc) is 3.58. The molecule has 0 unspecified atom stereocenters. The van der Waals surface area contributed by atoms with Crippen LogP contribution < -0.4 is 9.61 Å². The quantitative estimate of drug-likeness (QED) is 0.397. The maximum absolute atomic E-state index is 13.6. The molecule has 7 atom stereocenters. The van der Waals surface area contributed by atoms with Gasteiger partial charge in [-0.05, 0) is 43.1 Å². The molecule has 2 bridgehead atoms. The van der Waals surface area contributed by atoms with Crippen molar-refractivity contribution in [3.05, 3.63) is 44.4 Å². The number of hydrogen-bond donors (Lipinski definition) is 2. The van der Waals surface area contributed by atoms with Gasteiger partial charge in [0.25, 0.3) is 0 Å². The Bertz CT molecular complexity index is 1290. The summed E-state index contributed by atoms with van der Waals surface area (Å²) < 4.78 is 5.71. The van der Waals surface area contributed by atoms with Crippen LogP contribution in [0.25, 0.3) is 0 Å². The number of unbranched alkanes of at least 4 members (excludes halogenated alkanes) is 2. The summed E-state index contributed by atoms with van der Waals surface area (Å²) in [7, 11) is 1.65. The summed E-state index contributed by atoms with van der Waals surface area (Å²) in [5.41, 5.74) is 1.03. The highest BCUT2D eigenvalue weighted by Gasteiger charge is 2.69. The van der Waals surface area contributed by atoms with Crippen LogP contribution in [0.3, 0.4) is 0 Å². The Hall–Kier alpha value is -2.59. The third-order valence-corrected chi connectivity index (χ3v) is 11.1. The number of thiazole rings is 1. The van der Waals surface area contributed by atoms with E-state index >= 15 is 0 Å². The predicted octanol–water partition coefficient (Wildman–Crippen LogP) is 3.56. The normalized spacial score (nSPS) is 31.9. The first-order valence-corrected chi connectivity index (χ1v) is 14.2. The summed E-state index contributed by atoms with van der Waals surface area (Å²) in [6, 6.07) is 7.91. The summed E-state index contributed by atoms with van der Waals surface area (Å²) >= 11 is 2.92. The molecule has 10 heteroatoms. The Morgan fingerprint density at radius 2 is 1.86 bits per heavy atom. The van der Waals surface area contributed by atoms with Crippen LogP contribution in [0.2, 0.25) is 0 Å². The molecule has 0 spiro atoms. The lowest BCUT2D eigenvalue weighted by Gasteiger charge is -2.43. The summed E-state index contributed by atoms with van der Waals surface area (Å²) in [5, 5.41) is 9.87. The van der Waals surface area contributed by atoms with Gasteiger partial charge < -0.3 is 14.8 Å². The number of carboxylic acid groups (broad SMARTS) is 1. The number of methoxy groups -OCH3 is 1. The van der Waals surface area contributed by atoms with E-state index in [1.165, 1.54) is 16.2 Å². The molecule has 1 aromatic heterocycles. The second-order valence-electron chi connectivity index (χ2n) is 10.2. The zero-order valence-corrected chi connectivity index (χ0v) is 21.5. The molecular formula is C26H28N2O6S2. The Kier molecular flexibility index (Phi) is 5.99. The van der Waals surface area contributed by atoms with Gasteiger partial charge in [0, 0.05) is 34.6 Å². The van der Waals surface area contributed by atoms with Crippen molar-refractivity contribution >= 4 is 40.9 Å². The van der Waals surface area contributed by atoms with Crippen LogP contribution in [0.1, 0.15) is 48.5 Å². The Morgan fingerprint density at radius 3 is 2.61 bits per heavy atom. The predicted molar refractivity (Wildman–Crippen MR) is 134 cm³/mol. The summed E-state index contributed by atoms with van der Waals surface area (Å²) in [6.45, 7) is 0.364. The molecule has 6 rings (SSSR count). The average molecular weight is 529 g/mol. The number of nitrogens with one attached hydrogen (secondary N) is 1. The summed E-state index contributed by atoms with van der Waals surface area (Å²) in [4.78, 5) is 55.6. The molecule has 2 amide bonds. The van der Waals surface area contributed by atoms with Gasteiger partial charge in [-0.3, -0.25) is 24.1 Å². The number of imide groups is 1. The number of aromatic amines is 1. The molecule has 190 valence electrons. The lowest BCUT2D eigenvalue weighted by atomic mass is 9.68. The van der Waals surface area contributed by atoms with Crippen LogP contribution in [0.5, 0.6) is 5.75 Å². The van der Waals surface area contributed by atoms with Gasteiger partial charge in [0.15, 0.2) is 0 Å². The molecule has 2 aromatic rings. The topological polar surface area (TPSA) is 117 Å². The molecule has 3 fully saturated rings. The van der Waals surface area contributed by atoms with E-state index in [9.17, 15) is 19.2 Å². The van der Waals surface area contributed by atoms with Crippen molar-refractivity contribution in [1.29, 1.82) is 0 Å². The minimum absolute atomic E-state index is 0.0599. The zero-order chi connectivity index (χ0) is 25.1. The van der Waals surface area contributed by atoms with Gasteiger partial charge in [0.1, 0.15) is 5.75 Å². The maximum Gasteiger partial charge on any atom is 0.305 e. The van der Waals surface area contributed by atoms with Crippen LogP contribution in [-0.4, -0.2) is 51.7 Å². The van der Waals surface area contributed by atoms with Gasteiger partial charge in [0.2, 0.25) is 11.8 Å². The highest BCUT2D eigenvalue weighted by molar-refractivity contribution is 8.00. The lowest BCUT2D eigenvalue weighted by molar-refractivity contribution is -0.141. The van der Waals surface area contributed by atoms with Crippen molar-refractivity contribution < 1.29 is 24.2 Å². The van der Waals surface area contributed by atoms with Crippen molar-refractivity contribution in [2.24, 2.45) is 29.6 Å². The molecule has 36 heavy (non-hydrogen) atoms. The number of rotatable bonds is 8. The molecule has 0 radical (unpaired) electrons. The van der Waals surface area contributed by atoms with E-state index in [1.54, 1.807) is 18.9 Å². The number of carbonyl (C=O) groups excluding carboxylic acids is 2. The summed E-state index contributed by atoms with van der Waals surface area (Å²) in [6.07, 6.45) is 2.81. The second kappa shape index (κ2) is 9.06. The number of thioether (sulfide) groups is 1. The third kappa shape index (κ3) is 3.55. The molecule has 2 aliphatic heterocycles. The maximum atomic E-state index is 13.6. The number of likely N-dealkylation sites (tertiary alicyclic amines) is 1. The number of benzene rings is 1. The van der Waals surface area contributed by atoms with Gasteiger partial charge in [-0.15, -0.1) is 11.8 Å². The van der Waals surface area contributed by atoms with E-state index in [-0.39, 0.29) is 63.9 Å². The van der Waals surface area contributed by atoms with Crippen LogP contribution in [0.4, 0.5) is 0 Å². The minimum Gasteiger partial charge on any atom is -0.496 e. The molecule has 1 aromatic carbocycles. The number of aromatic nitrogens is 1. The third-order valence-electron chi connectivity index (χ3n) is 8.56. The molecule has 2 N–H and O–H groups in total. The highest BCUT2D eigenvalue weighted by atomic mass is 32.2. The van der Waals surface area contributed by atoms with E-state index in [0.717, 1.165) is 27.6 Å². The van der Waals surface area contributed by atoms with Crippen LogP contribution in [0, 0.1) is 29.6 Å². The standard InChI is InChI=1S/C26H28N2O6S2/c1-34-15-8-5-4-7-12(15)17-18-13-11-14(21(18)35-23-22(17)36-26(33)27-23)20-19(13)24(31)28(25(20)32)10-6-2-3-9-16(29)30/h4-5,7-8,13-14,17-21H,2-3,6,9-11H2,1H3,(H,27,33)(H,29,30)/t13-,14+,17-,18+,19+,20+,21-/m1/s1. The van der Waals surface area contributed by atoms with Crippen molar-refractivity contribution in [3.63, 3.8) is 0 Å². The van der Waals surface area contributed by atoms with Crippen LogP contribution >= 0.6 is 23.1 Å². The molecule has 3 heterocycles. The van der Waals surface area contributed by atoms with E-state index in [1.807, 2.05) is 18.2 Å². The fraction of sp³-hybridized carbons (Fsp3) is 0.538. The van der Waals surface area contributed by atoms with Crippen molar-refractivity contribution in [1.82, 2.24) is 9.88 Å². The number of carbonyl (C=O) groups is 3. The smallest absolute Gasteiger partial charge is 0.305 e. The number of ether oxygens (including phenoxy) is 1. The molecule has 1 saturated heterocycles. The van der Waals surface area contributed by atoms with Gasteiger partial charge in [-0.2, -0.15) is 0 Å². The number of para-hydroxylation sites is 1. The number of hydrogen-bond acceptors (Lipinski definition) is 7. The Labute approximate surface area is 216 Å². The minimum atomic E-state index is -0.825. The fourth-order valence-electron chi connectivity index (χ4n) is 7.29. The van der Waals surface area contributed by atoms with Gasteiger partial charge in [-0.25, -0.2) is 0 Å². The second-order valence-corrected chi connectivity index (χ2v) is 12.4. The van der Waals surface area contributed by atoms with E-state index < -0.39 is 5.97 Å². The fourth-order valence-corrected chi connectivity index (χ4v) is 10.2. The van der Waals surface area contributed by atoms with E-state index in [4.69, 9.17) is 9.84 Å². The number of fused-ring (bicyclic) bond motifs is 9. The molecule has 2 aliphatic carbocycles. The molecular weight excluding hydrogens is 500 g/mol. The largest absolute Gasteiger partial charge is 0.496 e. The van der Waals surface area contributed by atoms with E-state index in [0.29, 0.717) is 25.8 Å². The van der Waals surface area contributed by atoms with E-state index in [2.05, 4.69) is 11.1 Å². The highest BCUT2D eigenvalue weighted by Crippen LogP contribution is 2.68. The van der Waals surface area contributed by atoms with Crippen molar-refractivity contribution in [3.8, 4) is 5.75 Å². The number of H-pyrrole nitrogens is 1. The SMILES string of the molecule is COc1ccccc1[C@H]1c2sc(=O)[nH]c2S[C@@H]2[C@H]3C[C@@H]([C@@H]4C(=O)N(CCCCCC(=O)O)C(=O)[C@@H]34)[C@@H]12. The first kappa shape index (κ1) is 23.8. The monoisotopic (exact) mass is 528 g/mol. The molecule has 2 saturated carbocycles. The first-order valence-electron chi connectivity index (χ1n) is 12.5. The van der Waals surface area contributed by atoms with Gasteiger partial charge >= 0.3 is 10.8 Å². The Balaban J connectivity index is 1.31. The number of aliphatic carboxylic acids is 1. The van der Waals surface area contributed by atoms with Crippen molar-refractivity contribution in [2.75, 3.05) is 13.7 Å². The lowest BCUT2D eigenvalue weighted by Crippen LogP contribution is -2.42. The molecule has 4 aliphatic rings.